The summed E-state index contributed by atoms with van der Waals surface area (Å²) in [6, 6.07) is 8.57. The molecule has 1 aliphatic rings. The largest absolute Gasteiger partial charge is 0.481 e. The van der Waals surface area contributed by atoms with Gasteiger partial charge in [0.2, 0.25) is 0 Å². The molecule has 1 saturated carbocycles. The molecule has 4 atom stereocenters. The SMILES string of the molecule is COCc1cccc(CC[C@@H](/C=C/[C@H]2[C@H](O[Si](C)(C)C(C)(C)C)CC(=O)[C@@H]2C/C=C\CCCC(=O)O)O[Si](C)(C)C(C)(C)C)c1. The lowest BCUT2D eigenvalue weighted by atomic mass is 9.90. The van der Waals surface area contributed by atoms with Gasteiger partial charge in [-0.05, 0) is 79.5 Å². The van der Waals surface area contributed by atoms with E-state index in [1.54, 1.807) is 7.11 Å². The molecule has 1 fully saturated rings. The number of Topliss-reactive ketones (excluding diaryl/α,β-unsaturated/α-hetero) is 1. The number of carbonyl (C=O) groups excluding carboxylic acids is 1. The van der Waals surface area contributed by atoms with Crippen molar-refractivity contribution in [3.05, 3.63) is 59.7 Å². The van der Waals surface area contributed by atoms with Gasteiger partial charge in [0.1, 0.15) is 5.78 Å². The predicted molar refractivity (Wildman–Crippen MR) is 191 cm³/mol. The Morgan fingerprint density at radius 2 is 1.67 bits per heavy atom. The highest BCUT2D eigenvalue weighted by molar-refractivity contribution is 6.74. The molecule has 45 heavy (non-hydrogen) atoms. The van der Waals surface area contributed by atoms with Crippen LogP contribution in [0.25, 0.3) is 0 Å². The molecule has 0 aromatic heterocycles. The number of carboxylic acid groups (broad SMARTS) is 1. The summed E-state index contributed by atoms with van der Waals surface area (Å²) in [5.41, 5.74) is 2.43. The van der Waals surface area contributed by atoms with Crippen LogP contribution in [0.5, 0.6) is 0 Å². The second-order valence-electron chi connectivity index (χ2n) is 15.9. The minimum Gasteiger partial charge on any atom is -0.481 e. The van der Waals surface area contributed by atoms with Crippen LogP contribution in [0.2, 0.25) is 36.3 Å². The Bertz CT molecular complexity index is 1160. The maximum absolute atomic E-state index is 13.5. The Morgan fingerprint density at radius 3 is 2.27 bits per heavy atom. The minimum atomic E-state index is -2.12. The van der Waals surface area contributed by atoms with Crippen LogP contribution >= 0.6 is 0 Å². The number of aryl methyl sites for hydroxylation is 1. The molecule has 0 aliphatic heterocycles. The van der Waals surface area contributed by atoms with Crippen molar-refractivity contribution in [1.29, 1.82) is 0 Å². The van der Waals surface area contributed by atoms with Crippen LogP contribution in [0.4, 0.5) is 0 Å². The highest BCUT2D eigenvalue weighted by Crippen LogP contribution is 2.43. The molecule has 1 aromatic carbocycles. The highest BCUT2D eigenvalue weighted by atomic mass is 28.4. The standard InChI is InChI=1S/C37H62O6Si2/c1-36(2,3)44(8,9)42-30(22-21-28-17-16-18-29(25-28)27-41-7)23-24-32-31(19-14-12-13-15-20-35(39)40)33(38)26-34(32)43-45(10,11)37(4,5)6/h12,14,16-18,23-25,30-32,34H,13,15,19-22,26-27H2,1-11H3,(H,39,40)/b14-12-,24-23+/t30-,31+,32+,34+/m0/s1. The van der Waals surface area contributed by atoms with Crippen LogP contribution in [0, 0.1) is 11.8 Å². The van der Waals surface area contributed by atoms with Gasteiger partial charge >= 0.3 is 5.97 Å². The van der Waals surface area contributed by atoms with Crippen LogP contribution in [0.15, 0.2) is 48.6 Å². The summed E-state index contributed by atoms with van der Waals surface area (Å²) in [5, 5.41) is 9.06. The van der Waals surface area contributed by atoms with E-state index >= 15 is 0 Å². The third-order valence-electron chi connectivity index (χ3n) is 10.1. The lowest BCUT2D eigenvalue weighted by Crippen LogP contribution is -2.45. The number of methoxy groups -OCH3 is 1. The van der Waals surface area contributed by atoms with Gasteiger partial charge in [-0.3, -0.25) is 9.59 Å². The molecule has 254 valence electrons. The molecule has 0 radical (unpaired) electrons. The van der Waals surface area contributed by atoms with Crippen LogP contribution < -0.4 is 0 Å². The number of carboxylic acids is 1. The van der Waals surface area contributed by atoms with E-state index in [-0.39, 0.29) is 46.3 Å². The summed E-state index contributed by atoms with van der Waals surface area (Å²) in [4.78, 5) is 24.4. The number of aliphatic carboxylic acids is 1. The first kappa shape index (κ1) is 39.3. The number of unbranched alkanes of at least 4 members (excludes halogenated alkanes) is 1. The van der Waals surface area contributed by atoms with Gasteiger partial charge in [-0.1, -0.05) is 90.1 Å². The number of hydrogen-bond donors (Lipinski definition) is 1. The molecule has 1 N–H and O–H groups in total. The molecule has 0 amide bonds. The average molecular weight is 659 g/mol. The second-order valence-corrected chi connectivity index (χ2v) is 25.4. The molecule has 0 bridgehead atoms. The first-order chi connectivity index (χ1) is 20.8. The topological polar surface area (TPSA) is 82.1 Å². The molecule has 0 unspecified atom stereocenters. The number of allylic oxidation sites excluding steroid dienone is 2. The summed E-state index contributed by atoms with van der Waals surface area (Å²) in [6.45, 7) is 23.2. The van der Waals surface area contributed by atoms with E-state index < -0.39 is 22.6 Å². The Hall–Kier alpha value is -1.85. The van der Waals surface area contributed by atoms with Gasteiger partial charge < -0.3 is 18.7 Å². The smallest absolute Gasteiger partial charge is 0.303 e. The van der Waals surface area contributed by atoms with Crippen molar-refractivity contribution in [1.82, 2.24) is 0 Å². The fourth-order valence-corrected chi connectivity index (χ4v) is 7.92. The molecule has 0 saturated heterocycles. The third-order valence-corrected chi connectivity index (χ3v) is 19.1. The molecular weight excluding hydrogens is 597 g/mol. The van der Waals surface area contributed by atoms with E-state index in [2.05, 4.69) is 110 Å². The molecular formula is C37H62O6Si2. The number of carbonyl (C=O) groups is 2. The van der Waals surface area contributed by atoms with Crippen LogP contribution in [0.3, 0.4) is 0 Å². The maximum Gasteiger partial charge on any atom is 0.303 e. The number of rotatable bonds is 17. The number of benzene rings is 1. The highest BCUT2D eigenvalue weighted by Gasteiger charge is 2.47. The minimum absolute atomic E-state index is 0.0363. The Kier molecular flexibility index (Phi) is 14.7. The van der Waals surface area contributed by atoms with Crippen molar-refractivity contribution in [2.24, 2.45) is 11.8 Å². The van der Waals surface area contributed by atoms with Gasteiger partial charge in [0.05, 0.1) is 18.8 Å². The second kappa shape index (κ2) is 16.8. The van der Waals surface area contributed by atoms with E-state index in [1.165, 1.54) is 11.1 Å². The summed E-state index contributed by atoms with van der Waals surface area (Å²) in [5.74, 6) is -0.723. The van der Waals surface area contributed by atoms with Crippen molar-refractivity contribution in [3.8, 4) is 0 Å². The maximum atomic E-state index is 13.5. The van der Waals surface area contributed by atoms with Gasteiger partial charge in [-0.2, -0.15) is 0 Å². The summed E-state index contributed by atoms with van der Waals surface area (Å²) in [7, 11) is -2.47. The Labute approximate surface area is 276 Å². The van der Waals surface area contributed by atoms with Crippen LogP contribution in [-0.2, 0) is 36.2 Å². The van der Waals surface area contributed by atoms with Crippen molar-refractivity contribution < 1.29 is 28.3 Å². The first-order valence-corrected chi connectivity index (χ1v) is 22.6. The quantitative estimate of drug-likeness (QED) is 0.102. The van der Waals surface area contributed by atoms with Gasteiger partial charge in [0.25, 0.3) is 0 Å². The molecule has 2 rings (SSSR count). The van der Waals surface area contributed by atoms with E-state index in [9.17, 15) is 9.59 Å². The molecule has 8 heteroatoms. The first-order valence-electron chi connectivity index (χ1n) is 16.8. The zero-order chi connectivity index (χ0) is 34.1. The molecule has 1 aromatic rings. The van der Waals surface area contributed by atoms with Crippen molar-refractivity contribution in [3.63, 3.8) is 0 Å². The fourth-order valence-electron chi connectivity index (χ4n) is 5.27. The Balaban J connectivity index is 2.38. The van der Waals surface area contributed by atoms with Gasteiger partial charge in [0.15, 0.2) is 16.6 Å². The normalized spacial score (nSPS) is 20.9. The zero-order valence-electron chi connectivity index (χ0n) is 30.1. The van der Waals surface area contributed by atoms with E-state index in [0.29, 0.717) is 32.3 Å². The monoisotopic (exact) mass is 658 g/mol. The lowest BCUT2D eigenvalue weighted by Gasteiger charge is -2.40. The molecule has 6 nitrogen and oxygen atoms in total. The van der Waals surface area contributed by atoms with Crippen molar-refractivity contribution in [2.75, 3.05) is 7.11 Å². The third kappa shape index (κ3) is 12.4. The predicted octanol–water partition coefficient (Wildman–Crippen LogP) is 9.51. The fraction of sp³-hybridized carbons (Fsp3) is 0.676. The molecule has 1 aliphatic carbocycles. The van der Waals surface area contributed by atoms with E-state index in [1.807, 2.05) is 6.08 Å². The van der Waals surface area contributed by atoms with Crippen LogP contribution in [-0.4, -0.2) is 52.8 Å². The van der Waals surface area contributed by atoms with Gasteiger partial charge in [-0.25, -0.2) is 0 Å². The zero-order valence-corrected chi connectivity index (χ0v) is 32.1. The lowest BCUT2D eigenvalue weighted by molar-refractivity contribution is -0.137. The molecule has 0 heterocycles. The number of hydrogen-bond acceptors (Lipinski definition) is 5. The van der Waals surface area contributed by atoms with Crippen molar-refractivity contribution >= 4 is 28.4 Å². The summed E-state index contributed by atoms with van der Waals surface area (Å²) in [6.07, 6.45) is 12.6. The van der Waals surface area contributed by atoms with E-state index in [0.717, 1.165) is 12.8 Å². The van der Waals surface area contributed by atoms with Gasteiger partial charge in [-0.15, -0.1) is 0 Å². The molecule has 0 spiro atoms. The number of ketones is 1. The Morgan fingerprint density at radius 1 is 1.02 bits per heavy atom. The summed E-state index contributed by atoms with van der Waals surface area (Å²) < 4.78 is 19.3. The van der Waals surface area contributed by atoms with Gasteiger partial charge in [0, 0.05) is 31.8 Å². The van der Waals surface area contributed by atoms with E-state index in [4.69, 9.17) is 18.7 Å². The van der Waals surface area contributed by atoms with Crippen molar-refractivity contribution in [2.45, 2.75) is 142 Å². The summed E-state index contributed by atoms with van der Waals surface area (Å²) >= 11 is 0. The average Bonchev–Trinajstić information content (AvgIpc) is 3.19. The number of ether oxygens (including phenoxy) is 1. The van der Waals surface area contributed by atoms with Crippen LogP contribution in [0.1, 0.15) is 91.2 Å².